The first kappa shape index (κ1) is 14.9. The van der Waals surface area contributed by atoms with Crippen LogP contribution < -0.4 is 11.2 Å². The minimum atomic E-state index is 0. The number of nitrogens with two attached hydrogens (primary N) is 1. The van der Waals surface area contributed by atoms with E-state index < -0.39 is 0 Å². The lowest BCUT2D eigenvalue weighted by molar-refractivity contribution is 0.495. The van der Waals surface area contributed by atoms with E-state index >= 15 is 0 Å². The Morgan fingerprint density at radius 2 is 1.85 bits per heavy atom. The van der Waals surface area contributed by atoms with Crippen molar-refractivity contribution < 1.29 is 0 Å². The highest BCUT2D eigenvalue weighted by Gasteiger charge is 1.91. The van der Waals surface area contributed by atoms with Crippen LogP contribution in [0.15, 0.2) is 24.3 Å². The zero-order valence-corrected chi connectivity index (χ0v) is 9.28. The predicted molar refractivity (Wildman–Crippen MR) is 62.7 cm³/mol. The molecule has 0 fully saturated rings. The van der Waals surface area contributed by atoms with Gasteiger partial charge >= 0.3 is 0 Å². The molecule has 5 heteroatoms. The molecule has 0 atom stereocenters. The van der Waals surface area contributed by atoms with Crippen LogP contribution in [0, 0.1) is 0 Å². The van der Waals surface area contributed by atoms with Crippen molar-refractivity contribution in [2.75, 3.05) is 25.3 Å². The third kappa shape index (κ3) is 5.58. The second-order valence-electron chi connectivity index (χ2n) is 2.63. The SMILES string of the molecule is CN(C)Nc1cccc(N)c1.Cl.Cl. The number of hydrazine groups is 1. The molecule has 0 aromatic heterocycles. The summed E-state index contributed by atoms with van der Waals surface area (Å²) in [6, 6.07) is 7.64. The van der Waals surface area contributed by atoms with Gasteiger partial charge in [-0.1, -0.05) is 6.07 Å². The Kier molecular flexibility index (Phi) is 7.81. The molecule has 1 aromatic rings. The van der Waals surface area contributed by atoms with Crippen molar-refractivity contribution in [2.45, 2.75) is 0 Å². The molecule has 1 aromatic carbocycles. The zero-order valence-electron chi connectivity index (χ0n) is 7.65. The van der Waals surface area contributed by atoms with Crippen LogP contribution in [0.25, 0.3) is 0 Å². The monoisotopic (exact) mass is 223 g/mol. The van der Waals surface area contributed by atoms with Crippen LogP contribution in [-0.4, -0.2) is 19.1 Å². The molecule has 0 bridgehead atoms. The summed E-state index contributed by atoms with van der Waals surface area (Å²) in [5.74, 6) is 0. The first-order valence-corrected chi connectivity index (χ1v) is 3.48. The number of hydrogen-bond donors (Lipinski definition) is 2. The summed E-state index contributed by atoms with van der Waals surface area (Å²) < 4.78 is 0. The van der Waals surface area contributed by atoms with Crippen LogP contribution in [0.1, 0.15) is 0 Å². The van der Waals surface area contributed by atoms with Crippen LogP contribution in [-0.2, 0) is 0 Å². The van der Waals surface area contributed by atoms with Crippen molar-refractivity contribution >= 4 is 36.2 Å². The van der Waals surface area contributed by atoms with Gasteiger partial charge in [-0.2, -0.15) is 0 Å². The van der Waals surface area contributed by atoms with Gasteiger partial charge in [0.25, 0.3) is 0 Å². The molecule has 0 saturated heterocycles. The normalized spacial score (nSPS) is 8.54. The fourth-order valence-electron chi connectivity index (χ4n) is 0.866. The Bertz CT molecular complexity index is 241. The van der Waals surface area contributed by atoms with Crippen molar-refractivity contribution in [3.05, 3.63) is 24.3 Å². The van der Waals surface area contributed by atoms with E-state index in [0.29, 0.717) is 0 Å². The highest BCUT2D eigenvalue weighted by molar-refractivity contribution is 5.85. The summed E-state index contributed by atoms with van der Waals surface area (Å²) in [5.41, 5.74) is 10.5. The number of nitrogens with one attached hydrogen (secondary N) is 1. The maximum atomic E-state index is 5.58. The fraction of sp³-hybridized carbons (Fsp3) is 0.250. The summed E-state index contributed by atoms with van der Waals surface area (Å²) in [4.78, 5) is 0. The van der Waals surface area contributed by atoms with E-state index in [4.69, 9.17) is 5.73 Å². The van der Waals surface area contributed by atoms with Gasteiger partial charge in [0.15, 0.2) is 0 Å². The van der Waals surface area contributed by atoms with Gasteiger partial charge in [-0.05, 0) is 18.2 Å². The average molecular weight is 224 g/mol. The Hall–Kier alpha value is -0.640. The smallest absolute Gasteiger partial charge is 0.0510 e. The molecule has 0 unspecified atom stereocenters. The number of halogens is 2. The molecule has 0 spiro atoms. The van der Waals surface area contributed by atoms with E-state index in [2.05, 4.69) is 5.43 Å². The number of nitrogens with zero attached hydrogens (tertiary/aromatic N) is 1. The van der Waals surface area contributed by atoms with Crippen LogP contribution in [0.2, 0.25) is 0 Å². The van der Waals surface area contributed by atoms with Gasteiger partial charge in [0.1, 0.15) is 0 Å². The van der Waals surface area contributed by atoms with Gasteiger partial charge in [0.05, 0.1) is 5.69 Å². The zero-order chi connectivity index (χ0) is 8.27. The maximum Gasteiger partial charge on any atom is 0.0510 e. The summed E-state index contributed by atoms with van der Waals surface area (Å²) in [6.07, 6.45) is 0. The first-order chi connectivity index (χ1) is 5.18. The predicted octanol–water partition coefficient (Wildman–Crippen LogP) is 2.00. The van der Waals surface area contributed by atoms with Gasteiger partial charge in [-0.3, -0.25) is 0 Å². The summed E-state index contributed by atoms with van der Waals surface area (Å²) in [5, 5.41) is 1.87. The summed E-state index contributed by atoms with van der Waals surface area (Å²) in [7, 11) is 3.87. The Morgan fingerprint density at radius 1 is 1.23 bits per heavy atom. The van der Waals surface area contributed by atoms with Crippen molar-refractivity contribution in [2.24, 2.45) is 0 Å². The lowest BCUT2D eigenvalue weighted by Crippen LogP contribution is -2.19. The molecule has 0 aliphatic rings. The van der Waals surface area contributed by atoms with E-state index in [0.717, 1.165) is 11.4 Å². The molecule has 76 valence electrons. The molecule has 13 heavy (non-hydrogen) atoms. The molecule has 3 N–H and O–H groups in total. The van der Waals surface area contributed by atoms with Gasteiger partial charge in [0.2, 0.25) is 0 Å². The molecule has 0 aliphatic carbocycles. The van der Waals surface area contributed by atoms with E-state index in [9.17, 15) is 0 Å². The highest BCUT2D eigenvalue weighted by atomic mass is 35.5. The Balaban J connectivity index is 0. The van der Waals surface area contributed by atoms with Gasteiger partial charge in [-0.25, -0.2) is 5.01 Å². The number of anilines is 2. The van der Waals surface area contributed by atoms with Crippen molar-refractivity contribution in [1.29, 1.82) is 0 Å². The third-order valence-electron chi connectivity index (χ3n) is 1.24. The van der Waals surface area contributed by atoms with E-state index in [-0.39, 0.29) is 24.8 Å². The van der Waals surface area contributed by atoms with Crippen LogP contribution >= 0.6 is 24.8 Å². The number of hydrogen-bond acceptors (Lipinski definition) is 3. The van der Waals surface area contributed by atoms with Crippen molar-refractivity contribution in [1.82, 2.24) is 5.01 Å². The van der Waals surface area contributed by atoms with Gasteiger partial charge in [0, 0.05) is 19.8 Å². The molecular weight excluding hydrogens is 209 g/mol. The lowest BCUT2D eigenvalue weighted by atomic mass is 10.3. The van der Waals surface area contributed by atoms with Crippen LogP contribution in [0.4, 0.5) is 11.4 Å². The molecule has 1 rings (SSSR count). The lowest BCUT2D eigenvalue weighted by Gasteiger charge is -2.13. The molecule has 3 nitrogen and oxygen atoms in total. The van der Waals surface area contributed by atoms with Crippen LogP contribution in [0.5, 0.6) is 0 Å². The van der Waals surface area contributed by atoms with Gasteiger partial charge < -0.3 is 11.2 Å². The fourth-order valence-corrected chi connectivity index (χ4v) is 0.866. The van der Waals surface area contributed by atoms with Crippen LogP contribution in [0.3, 0.4) is 0 Å². The number of benzene rings is 1. The molecule has 0 saturated carbocycles. The van der Waals surface area contributed by atoms with Crippen molar-refractivity contribution in [3.63, 3.8) is 0 Å². The third-order valence-corrected chi connectivity index (χ3v) is 1.24. The molecule has 0 aliphatic heterocycles. The largest absolute Gasteiger partial charge is 0.399 e. The molecule has 0 heterocycles. The highest BCUT2D eigenvalue weighted by Crippen LogP contribution is 2.11. The van der Waals surface area contributed by atoms with E-state index in [1.54, 1.807) is 0 Å². The minimum Gasteiger partial charge on any atom is -0.399 e. The summed E-state index contributed by atoms with van der Waals surface area (Å²) in [6.45, 7) is 0. The second kappa shape index (κ2) is 6.83. The first-order valence-electron chi connectivity index (χ1n) is 3.48. The Labute approximate surface area is 91.1 Å². The number of rotatable bonds is 2. The number of nitrogen functional groups attached to an aromatic ring is 1. The maximum absolute atomic E-state index is 5.58. The standard InChI is InChI=1S/C8H13N3.2ClH/c1-11(2)10-8-5-3-4-7(9)6-8;;/h3-6,10H,9H2,1-2H3;2*1H. The molecule has 0 amide bonds. The van der Waals surface area contributed by atoms with E-state index in [1.165, 1.54) is 0 Å². The topological polar surface area (TPSA) is 41.3 Å². The molecular formula is C8H15Cl2N3. The second-order valence-corrected chi connectivity index (χ2v) is 2.63. The minimum absolute atomic E-state index is 0. The van der Waals surface area contributed by atoms with Gasteiger partial charge in [-0.15, -0.1) is 24.8 Å². The quantitative estimate of drug-likeness (QED) is 0.596. The van der Waals surface area contributed by atoms with Crippen molar-refractivity contribution in [3.8, 4) is 0 Å². The summed E-state index contributed by atoms with van der Waals surface area (Å²) >= 11 is 0. The average Bonchev–Trinajstić information content (AvgIpc) is 1.85. The van der Waals surface area contributed by atoms with E-state index in [1.807, 2.05) is 43.4 Å². The molecule has 0 radical (unpaired) electrons. The Morgan fingerprint density at radius 3 is 2.31 bits per heavy atom.